The lowest BCUT2D eigenvalue weighted by Gasteiger charge is -2.35. The van der Waals surface area contributed by atoms with Gasteiger partial charge in [0.05, 0.1) is 0 Å². The van der Waals surface area contributed by atoms with Crippen molar-refractivity contribution < 1.29 is 4.79 Å². The maximum atomic E-state index is 12.4. The number of rotatable bonds is 5. The van der Waals surface area contributed by atoms with Gasteiger partial charge in [-0.2, -0.15) is 0 Å². The number of urea groups is 1. The van der Waals surface area contributed by atoms with Gasteiger partial charge >= 0.3 is 6.03 Å². The maximum absolute atomic E-state index is 12.4. The molecule has 0 aliphatic carbocycles. The normalized spacial score (nSPS) is 16.0. The van der Waals surface area contributed by atoms with Crippen LogP contribution in [0.1, 0.15) is 17.5 Å². The summed E-state index contributed by atoms with van der Waals surface area (Å²) in [7, 11) is 4.21. The molecule has 1 aliphatic heterocycles. The van der Waals surface area contributed by atoms with Crippen molar-refractivity contribution in [3.05, 3.63) is 29.3 Å². The zero-order valence-corrected chi connectivity index (χ0v) is 14.9. The molecule has 1 aliphatic rings. The summed E-state index contributed by atoms with van der Waals surface area (Å²) >= 11 is 0. The van der Waals surface area contributed by atoms with E-state index in [1.807, 2.05) is 24.0 Å². The Morgan fingerprint density at radius 1 is 1.17 bits per heavy atom. The smallest absolute Gasteiger partial charge is 0.321 e. The predicted octanol–water partition coefficient (Wildman–Crippen LogP) is 2.40. The summed E-state index contributed by atoms with van der Waals surface area (Å²) < 4.78 is 0. The van der Waals surface area contributed by atoms with Crippen LogP contribution >= 0.6 is 0 Å². The number of piperazine rings is 1. The molecule has 0 unspecified atom stereocenters. The molecule has 5 nitrogen and oxygen atoms in total. The number of hydrogen-bond donors (Lipinski definition) is 1. The number of carbonyl (C=O) groups is 1. The van der Waals surface area contributed by atoms with Gasteiger partial charge in [-0.1, -0.05) is 17.7 Å². The van der Waals surface area contributed by atoms with E-state index in [1.54, 1.807) is 0 Å². The van der Waals surface area contributed by atoms with E-state index in [2.05, 4.69) is 42.2 Å². The zero-order chi connectivity index (χ0) is 16.8. The summed E-state index contributed by atoms with van der Waals surface area (Å²) in [6.07, 6.45) is 1.18. The Bertz CT molecular complexity index is 522. The molecule has 2 rings (SSSR count). The molecule has 1 N–H and O–H groups in total. The quantitative estimate of drug-likeness (QED) is 0.906. The van der Waals surface area contributed by atoms with Crippen LogP contribution < -0.4 is 5.32 Å². The van der Waals surface area contributed by atoms with E-state index >= 15 is 0 Å². The molecular formula is C18H30N4O. The lowest BCUT2D eigenvalue weighted by molar-refractivity contribution is 0.144. The topological polar surface area (TPSA) is 38.8 Å². The van der Waals surface area contributed by atoms with Crippen LogP contribution in [0.5, 0.6) is 0 Å². The Morgan fingerprint density at radius 2 is 1.87 bits per heavy atom. The molecule has 0 aromatic heterocycles. The van der Waals surface area contributed by atoms with Gasteiger partial charge in [-0.05, 0) is 59.1 Å². The standard InChI is InChI=1S/C18H30N4O/c1-15-6-7-17(16(2)14-15)19-18(23)22-12-10-21(11-13-22)9-5-8-20(3)4/h6-7,14H,5,8-13H2,1-4H3,(H,19,23). The fraction of sp³-hybridized carbons (Fsp3) is 0.611. The number of hydrogen-bond acceptors (Lipinski definition) is 3. The first-order chi connectivity index (χ1) is 11.0. The molecule has 1 aromatic carbocycles. The van der Waals surface area contributed by atoms with Crippen LogP contribution in [-0.2, 0) is 0 Å². The van der Waals surface area contributed by atoms with Crippen molar-refractivity contribution in [2.75, 3.05) is 58.7 Å². The molecule has 1 fully saturated rings. The molecule has 0 saturated carbocycles. The number of aryl methyl sites for hydroxylation is 2. The summed E-state index contributed by atoms with van der Waals surface area (Å²) in [5, 5.41) is 3.04. The minimum absolute atomic E-state index is 0.0184. The van der Waals surface area contributed by atoms with Crippen LogP contribution in [0.3, 0.4) is 0 Å². The summed E-state index contributed by atoms with van der Waals surface area (Å²) in [5.74, 6) is 0. The molecule has 23 heavy (non-hydrogen) atoms. The van der Waals surface area contributed by atoms with Crippen LogP contribution in [0.4, 0.5) is 10.5 Å². The van der Waals surface area contributed by atoms with Gasteiger partial charge in [0.25, 0.3) is 0 Å². The largest absolute Gasteiger partial charge is 0.322 e. The minimum Gasteiger partial charge on any atom is -0.322 e. The second-order valence-corrected chi connectivity index (χ2v) is 6.73. The molecule has 0 atom stereocenters. The Kier molecular flexibility index (Phi) is 6.42. The average Bonchev–Trinajstić information content (AvgIpc) is 2.50. The summed E-state index contributed by atoms with van der Waals surface area (Å²) in [4.78, 5) is 19.0. The number of anilines is 1. The van der Waals surface area contributed by atoms with E-state index in [-0.39, 0.29) is 6.03 Å². The number of benzene rings is 1. The van der Waals surface area contributed by atoms with Crippen LogP contribution in [0, 0.1) is 13.8 Å². The minimum atomic E-state index is 0.0184. The third-order valence-corrected chi connectivity index (χ3v) is 4.36. The third kappa shape index (κ3) is 5.52. The Hall–Kier alpha value is -1.59. The number of nitrogens with one attached hydrogen (secondary N) is 1. The van der Waals surface area contributed by atoms with E-state index in [4.69, 9.17) is 0 Å². The van der Waals surface area contributed by atoms with E-state index in [9.17, 15) is 4.79 Å². The highest BCUT2D eigenvalue weighted by molar-refractivity contribution is 5.90. The first kappa shape index (κ1) is 17.8. The van der Waals surface area contributed by atoms with E-state index in [0.717, 1.165) is 50.5 Å². The van der Waals surface area contributed by atoms with Crippen molar-refractivity contribution >= 4 is 11.7 Å². The molecule has 0 radical (unpaired) electrons. The van der Waals surface area contributed by atoms with Crippen molar-refractivity contribution in [1.29, 1.82) is 0 Å². The van der Waals surface area contributed by atoms with E-state index in [1.165, 1.54) is 12.0 Å². The molecule has 1 aromatic rings. The Labute approximate surface area is 140 Å². The lowest BCUT2D eigenvalue weighted by Crippen LogP contribution is -2.50. The predicted molar refractivity (Wildman–Crippen MR) is 96.1 cm³/mol. The van der Waals surface area contributed by atoms with Gasteiger partial charge in [-0.15, -0.1) is 0 Å². The second-order valence-electron chi connectivity index (χ2n) is 6.73. The average molecular weight is 318 g/mol. The van der Waals surface area contributed by atoms with E-state index in [0.29, 0.717) is 0 Å². The third-order valence-electron chi connectivity index (χ3n) is 4.36. The fourth-order valence-electron chi connectivity index (χ4n) is 2.93. The molecule has 5 heteroatoms. The first-order valence-corrected chi connectivity index (χ1v) is 8.46. The van der Waals surface area contributed by atoms with Crippen molar-refractivity contribution in [3.8, 4) is 0 Å². The molecule has 1 saturated heterocycles. The lowest BCUT2D eigenvalue weighted by atomic mass is 10.1. The molecule has 1 heterocycles. The molecular weight excluding hydrogens is 288 g/mol. The number of nitrogens with zero attached hydrogens (tertiary/aromatic N) is 3. The van der Waals surface area contributed by atoms with Crippen LogP contribution in [0.15, 0.2) is 18.2 Å². The van der Waals surface area contributed by atoms with Gasteiger partial charge < -0.3 is 15.1 Å². The molecule has 2 amide bonds. The molecule has 0 spiro atoms. The first-order valence-electron chi connectivity index (χ1n) is 8.46. The highest BCUT2D eigenvalue weighted by atomic mass is 16.2. The number of amides is 2. The van der Waals surface area contributed by atoms with Gasteiger partial charge in [-0.3, -0.25) is 4.90 Å². The van der Waals surface area contributed by atoms with Crippen molar-refractivity contribution in [2.45, 2.75) is 20.3 Å². The zero-order valence-electron chi connectivity index (χ0n) is 14.9. The Balaban J connectivity index is 1.77. The maximum Gasteiger partial charge on any atom is 0.321 e. The number of carbonyl (C=O) groups excluding carboxylic acids is 1. The van der Waals surface area contributed by atoms with Crippen molar-refractivity contribution in [1.82, 2.24) is 14.7 Å². The highest BCUT2D eigenvalue weighted by Crippen LogP contribution is 2.17. The summed E-state index contributed by atoms with van der Waals surface area (Å²) in [6.45, 7) is 9.87. The fourth-order valence-corrected chi connectivity index (χ4v) is 2.93. The van der Waals surface area contributed by atoms with Crippen molar-refractivity contribution in [3.63, 3.8) is 0 Å². The monoisotopic (exact) mass is 318 g/mol. The second kappa shape index (κ2) is 8.31. The molecule has 128 valence electrons. The van der Waals surface area contributed by atoms with Crippen LogP contribution in [-0.4, -0.2) is 74.1 Å². The SMILES string of the molecule is Cc1ccc(NC(=O)N2CCN(CCCN(C)C)CC2)c(C)c1. The summed E-state index contributed by atoms with van der Waals surface area (Å²) in [6, 6.07) is 6.13. The van der Waals surface area contributed by atoms with Gasteiger partial charge in [0.1, 0.15) is 0 Å². The van der Waals surface area contributed by atoms with Gasteiger partial charge in [-0.25, -0.2) is 4.79 Å². The van der Waals surface area contributed by atoms with Crippen LogP contribution in [0.2, 0.25) is 0 Å². The van der Waals surface area contributed by atoms with Crippen LogP contribution in [0.25, 0.3) is 0 Å². The van der Waals surface area contributed by atoms with Gasteiger partial charge in [0.2, 0.25) is 0 Å². The van der Waals surface area contributed by atoms with Gasteiger partial charge in [0, 0.05) is 31.9 Å². The van der Waals surface area contributed by atoms with Gasteiger partial charge in [0.15, 0.2) is 0 Å². The molecule has 0 bridgehead atoms. The summed E-state index contributed by atoms with van der Waals surface area (Å²) in [5.41, 5.74) is 3.24. The highest BCUT2D eigenvalue weighted by Gasteiger charge is 2.21. The Morgan fingerprint density at radius 3 is 2.48 bits per heavy atom. The van der Waals surface area contributed by atoms with Crippen molar-refractivity contribution in [2.24, 2.45) is 0 Å². The van der Waals surface area contributed by atoms with E-state index < -0.39 is 0 Å².